The summed E-state index contributed by atoms with van der Waals surface area (Å²) in [5.74, 6) is 0.766. The molecule has 1 spiro atoms. The number of benzene rings is 2. The molecule has 7 nitrogen and oxygen atoms in total. The number of likely N-dealkylation sites (tertiary alicyclic amines) is 1. The van der Waals surface area contributed by atoms with Crippen molar-refractivity contribution in [2.45, 2.75) is 24.9 Å². The van der Waals surface area contributed by atoms with E-state index >= 15 is 0 Å². The molecule has 2 aliphatic heterocycles. The molecular formula is C24H24N6O. The summed E-state index contributed by atoms with van der Waals surface area (Å²) < 4.78 is 0. The van der Waals surface area contributed by atoms with Gasteiger partial charge in [-0.15, -0.1) is 0 Å². The van der Waals surface area contributed by atoms with E-state index in [-0.39, 0.29) is 5.91 Å². The molecule has 7 heteroatoms. The maximum Gasteiger partial charge on any atom is 0.274 e. The maximum absolute atomic E-state index is 13.1. The van der Waals surface area contributed by atoms with Crippen LogP contribution in [0, 0.1) is 0 Å². The molecular weight excluding hydrogens is 388 g/mol. The molecule has 2 N–H and O–H groups in total. The zero-order valence-corrected chi connectivity index (χ0v) is 17.2. The van der Waals surface area contributed by atoms with E-state index in [1.165, 1.54) is 6.20 Å². The molecule has 1 saturated heterocycles. The molecule has 0 aliphatic carbocycles. The highest BCUT2D eigenvalue weighted by Crippen LogP contribution is 2.36. The summed E-state index contributed by atoms with van der Waals surface area (Å²) in [5.41, 5.74) is 3.06. The fourth-order valence-corrected chi connectivity index (χ4v) is 4.31. The molecule has 0 unspecified atom stereocenters. The number of hydrogen-bond acceptors (Lipinski definition) is 5. The van der Waals surface area contributed by atoms with Gasteiger partial charge in [-0.1, -0.05) is 42.5 Å². The number of nitrogens with one attached hydrogen (secondary N) is 2. The van der Waals surface area contributed by atoms with E-state index in [1.54, 1.807) is 12.4 Å². The molecule has 1 fully saturated rings. The standard InChI is InChI=1S/C24H24N6O/c31-22(21-16-25-12-13-26-21)30-14-6-11-24(17-30)23(27-15-18-7-2-1-3-8-18)28-19-9-4-5-10-20(19)29-24/h1-5,7-10,12-13,16,29H,6,11,14-15,17H2,(H,27,28)/t24-/m0/s1. The fraction of sp³-hybridized carbons (Fsp3) is 0.250. The minimum Gasteiger partial charge on any atom is -0.370 e. The Morgan fingerprint density at radius 1 is 1.06 bits per heavy atom. The first-order chi connectivity index (χ1) is 15.2. The van der Waals surface area contributed by atoms with E-state index in [0.29, 0.717) is 25.3 Å². The Labute approximate surface area is 181 Å². The molecule has 1 amide bonds. The lowest BCUT2D eigenvalue weighted by atomic mass is 9.85. The van der Waals surface area contributed by atoms with Gasteiger partial charge in [-0.2, -0.15) is 0 Å². The summed E-state index contributed by atoms with van der Waals surface area (Å²) >= 11 is 0. The minimum absolute atomic E-state index is 0.102. The molecule has 3 aromatic rings. The molecule has 1 atom stereocenters. The molecule has 5 rings (SSSR count). The van der Waals surface area contributed by atoms with E-state index in [9.17, 15) is 4.79 Å². The number of hydrogen-bond donors (Lipinski definition) is 2. The van der Waals surface area contributed by atoms with Gasteiger partial charge < -0.3 is 15.5 Å². The van der Waals surface area contributed by atoms with Crippen molar-refractivity contribution in [3.05, 3.63) is 84.4 Å². The van der Waals surface area contributed by atoms with Gasteiger partial charge in [0.15, 0.2) is 0 Å². The Hall–Kier alpha value is -3.74. The lowest BCUT2D eigenvalue weighted by molar-refractivity contribution is 0.0688. The van der Waals surface area contributed by atoms with Crippen molar-refractivity contribution in [3.63, 3.8) is 0 Å². The van der Waals surface area contributed by atoms with Crippen LogP contribution in [0.15, 0.2) is 78.2 Å². The zero-order chi connectivity index (χ0) is 21.1. The van der Waals surface area contributed by atoms with E-state index in [1.807, 2.05) is 41.3 Å². The van der Waals surface area contributed by atoms with Gasteiger partial charge in [-0.3, -0.25) is 14.8 Å². The average Bonchev–Trinajstić information content (AvgIpc) is 2.83. The predicted octanol–water partition coefficient (Wildman–Crippen LogP) is 3.59. The topological polar surface area (TPSA) is 82.5 Å². The summed E-state index contributed by atoms with van der Waals surface area (Å²) in [7, 11) is 0. The van der Waals surface area contributed by atoms with Gasteiger partial charge in [0.1, 0.15) is 17.1 Å². The highest BCUT2D eigenvalue weighted by molar-refractivity contribution is 6.10. The lowest BCUT2D eigenvalue weighted by Gasteiger charge is -2.47. The third kappa shape index (κ3) is 3.86. The van der Waals surface area contributed by atoms with Crippen LogP contribution in [0.2, 0.25) is 0 Å². The van der Waals surface area contributed by atoms with Crippen LogP contribution in [0.25, 0.3) is 0 Å². The zero-order valence-electron chi connectivity index (χ0n) is 17.2. The summed E-state index contributed by atoms with van der Waals surface area (Å²) in [6, 6.07) is 18.3. The van der Waals surface area contributed by atoms with Crippen LogP contribution in [0.3, 0.4) is 0 Å². The van der Waals surface area contributed by atoms with Gasteiger partial charge in [-0.05, 0) is 30.5 Å². The quantitative estimate of drug-likeness (QED) is 0.687. The maximum atomic E-state index is 13.1. The second-order valence-electron chi connectivity index (χ2n) is 7.95. The van der Waals surface area contributed by atoms with Gasteiger partial charge in [0.05, 0.1) is 30.7 Å². The molecule has 156 valence electrons. The van der Waals surface area contributed by atoms with Crippen LogP contribution in [-0.4, -0.2) is 45.2 Å². The summed E-state index contributed by atoms with van der Waals surface area (Å²) in [6.45, 7) is 1.77. The largest absolute Gasteiger partial charge is 0.370 e. The van der Waals surface area contributed by atoms with Gasteiger partial charge in [0, 0.05) is 18.9 Å². The molecule has 3 heterocycles. The normalized spacial score (nSPS) is 21.3. The number of rotatable bonds is 3. The summed E-state index contributed by atoms with van der Waals surface area (Å²) in [6.07, 6.45) is 6.40. The smallest absolute Gasteiger partial charge is 0.274 e. The number of aliphatic imine (C=N–C) groups is 1. The van der Waals surface area contributed by atoms with Gasteiger partial charge in [0.25, 0.3) is 5.91 Å². The fourth-order valence-electron chi connectivity index (χ4n) is 4.31. The number of carbonyl (C=O) groups is 1. The molecule has 0 radical (unpaired) electrons. The Balaban J connectivity index is 1.48. The van der Waals surface area contributed by atoms with Crippen molar-refractivity contribution < 1.29 is 4.79 Å². The van der Waals surface area contributed by atoms with Crippen LogP contribution < -0.4 is 10.6 Å². The first kappa shape index (κ1) is 19.2. The SMILES string of the molecule is O=C(c1cnccn1)N1CCC[C@@]2(C1)Nc1ccccc1NC2=NCc1ccccc1. The molecule has 0 saturated carbocycles. The molecule has 2 aliphatic rings. The van der Waals surface area contributed by atoms with E-state index in [2.05, 4.69) is 38.8 Å². The van der Waals surface area contributed by atoms with Crippen molar-refractivity contribution >= 4 is 23.1 Å². The first-order valence-electron chi connectivity index (χ1n) is 10.5. The highest BCUT2D eigenvalue weighted by atomic mass is 16.2. The molecule has 1 aromatic heterocycles. The van der Waals surface area contributed by atoms with Crippen LogP contribution in [-0.2, 0) is 6.54 Å². The monoisotopic (exact) mass is 412 g/mol. The van der Waals surface area contributed by atoms with Crippen LogP contribution >= 0.6 is 0 Å². The average molecular weight is 412 g/mol. The Morgan fingerprint density at radius 2 is 1.87 bits per heavy atom. The number of amides is 1. The number of amidine groups is 1. The molecule has 2 aromatic carbocycles. The Kier molecular flexibility index (Phi) is 5.08. The van der Waals surface area contributed by atoms with Gasteiger partial charge in [-0.25, -0.2) is 4.98 Å². The molecule has 0 bridgehead atoms. The number of aromatic nitrogens is 2. The molecule has 31 heavy (non-hydrogen) atoms. The van der Waals surface area contributed by atoms with E-state index < -0.39 is 5.54 Å². The number of anilines is 2. The van der Waals surface area contributed by atoms with Crippen LogP contribution in [0.4, 0.5) is 11.4 Å². The number of para-hydroxylation sites is 2. The van der Waals surface area contributed by atoms with Crippen LogP contribution in [0.1, 0.15) is 28.9 Å². The van der Waals surface area contributed by atoms with Crippen molar-refractivity contribution in [1.82, 2.24) is 14.9 Å². The second kappa shape index (κ2) is 8.18. The van der Waals surface area contributed by atoms with Crippen molar-refractivity contribution in [2.75, 3.05) is 23.7 Å². The van der Waals surface area contributed by atoms with E-state index in [0.717, 1.165) is 35.6 Å². The van der Waals surface area contributed by atoms with E-state index in [4.69, 9.17) is 4.99 Å². The number of nitrogens with zero attached hydrogens (tertiary/aromatic N) is 4. The van der Waals surface area contributed by atoms with Gasteiger partial charge in [0.2, 0.25) is 0 Å². The van der Waals surface area contributed by atoms with Crippen molar-refractivity contribution in [2.24, 2.45) is 4.99 Å². The Morgan fingerprint density at radius 3 is 2.68 bits per heavy atom. The van der Waals surface area contributed by atoms with Crippen LogP contribution in [0.5, 0.6) is 0 Å². The number of carbonyl (C=O) groups excluding carboxylic acids is 1. The lowest BCUT2D eigenvalue weighted by Crippen LogP contribution is -2.62. The second-order valence-corrected chi connectivity index (χ2v) is 7.95. The number of piperidine rings is 1. The Bertz CT molecular complexity index is 1100. The first-order valence-corrected chi connectivity index (χ1v) is 10.5. The van der Waals surface area contributed by atoms with Gasteiger partial charge >= 0.3 is 0 Å². The highest BCUT2D eigenvalue weighted by Gasteiger charge is 2.44. The van der Waals surface area contributed by atoms with Crippen molar-refractivity contribution in [3.8, 4) is 0 Å². The summed E-state index contributed by atoms with van der Waals surface area (Å²) in [4.78, 5) is 28.2. The predicted molar refractivity (Wildman–Crippen MR) is 121 cm³/mol. The summed E-state index contributed by atoms with van der Waals surface area (Å²) in [5, 5.41) is 7.26. The minimum atomic E-state index is -0.473. The van der Waals surface area contributed by atoms with Crippen molar-refractivity contribution in [1.29, 1.82) is 0 Å². The number of fused-ring (bicyclic) bond motifs is 1. The third-order valence-corrected chi connectivity index (χ3v) is 5.83. The third-order valence-electron chi connectivity index (χ3n) is 5.83.